The van der Waals surface area contributed by atoms with Crippen molar-refractivity contribution in [1.82, 2.24) is 18.7 Å². The molecule has 0 saturated carbocycles. The SMILES string of the molecule is CC(C)(C)c1c2ncc(S)nc2c(C(C)(C)C)c2nsnc12. The molecule has 0 fully saturated rings. The summed E-state index contributed by atoms with van der Waals surface area (Å²) >= 11 is 5.64. The van der Waals surface area contributed by atoms with E-state index in [9.17, 15) is 0 Å². The van der Waals surface area contributed by atoms with Gasteiger partial charge in [0.2, 0.25) is 0 Å². The van der Waals surface area contributed by atoms with Crippen molar-refractivity contribution in [2.45, 2.75) is 57.4 Å². The highest BCUT2D eigenvalue weighted by atomic mass is 32.1. The van der Waals surface area contributed by atoms with Crippen LogP contribution in [0.15, 0.2) is 11.2 Å². The van der Waals surface area contributed by atoms with E-state index in [0.717, 1.165) is 33.2 Å². The third kappa shape index (κ3) is 2.38. The number of benzene rings is 1. The van der Waals surface area contributed by atoms with Gasteiger partial charge in [0.05, 0.1) is 29.0 Å². The van der Waals surface area contributed by atoms with Crippen molar-refractivity contribution in [2.24, 2.45) is 0 Å². The second kappa shape index (κ2) is 4.86. The van der Waals surface area contributed by atoms with Crippen LogP contribution in [0.25, 0.3) is 22.1 Å². The van der Waals surface area contributed by atoms with Gasteiger partial charge in [-0.15, -0.1) is 12.6 Å². The van der Waals surface area contributed by atoms with Crippen molar-refractivity contribution < 1.29 is 0 Å². The van der Waals surface area contributed by atoms with E-state index in [4.69, 9.17) is 0 Å². The number of hydrogen-bond donors (Lipinski definition) is 1. The average Bonchev–Trinajstić information content (AvgIpc) is 2.80. The van der Waals surface area contributed by atoms with Crippen LogP contribution >= 0.6 is 24.4 Å². The molecule has 0 aliphatic heterocycles. The molecule has 22 heavy (non-hydrogen) atoms. The highest BCUT2D eigenvalue weighted by Gasteiger charge is 2.31. The van der Waals surface area contributed by atoms with Crippen molar-refractivity contribution in [3.05, 3.63) is 17.3 Å². The lowest BCUT2D eigenvalue weighted by Crippen LogP contribution is -2.18. The topological polar surface area (TPSA) is 51.6 Å². The zero-order valence-corrected chi connectivity index (χ0v) is 15.4. The first-order valence-corrected chi connectivity index (χ1v) is 8.43. The van der Waals surface area contributed by atoms with E-state index < -0.39 is 0 Å². The van der Waals surface area contributed by atoms with E-state index in [0.29, 0.717) is 5.03 Å². The molecule has 0 aliphatic carbocycles. The smallest absolute Gasteiger partial charge is 0.112 e. The molecule has 3 rings (SSSR count). The molecule has 2 aromatic heterocycles. The second-order valence-electron chi connectivity index (χ2n) is 7.64. The minimum absolute atomic E-state index is 0.0878. The van der Waals surface area contributed by atoms with E-state index in [1.807, 2.05) is 0 Å². The monoisotopic (exact) mass is 332 g/mol. The molecule has 0 N–H and O–H groups in total. The molecular formula is C16H20N4S2. The maximum absolute atomic E-state index is 4.68. The van der Waals surface area contributed by atoms with Gasteiger partial charge in [0.15, 0.2) is 0 Å². The van der Waals surface area contributed by atoms with Gasteiger partial charge in [-0.1, -0.05) is 41.5 Å². The second-order valence-corrected chi connectivity index (χ2v) is 8.62. The van der Waals surface area contributed by atoms with Crippen LogP contribution < -0.4 is 0 Å². The molecule has 3 aromatic rings. The molecule has 0 radical (unpaired) electrons. The number of aromatic nitrogens is 4. The van der Waals surface area contributed by atoms with Crippen molar-refractivity contribution in [2.75, 3.05) is 0 Å². The minimum atomic E-state index is -0.0983. The van der Waals surface area contributed by atoms with E-state index in [-0.39, 0.29) is 10.8 Å². The fraction of sp³-hybridized carbons (Fsp3) is 0.500. The summed E-state index contributed by atoms with van der Waals surface area (Å²) in [5.74, 6) is 0. The van der Waals surface area contributed by atoms with Gasteiger partial charge in [0.25, 0.3) is 0 Å². The fourth-order valence-electron chi connectivity index (χ4n) is 2.90. The number of hydrogen-bond acceptors (Lipinski definition) is 6. The van der Waals surface area contributed by atoms with Gasteiger partial charge in [0, 0.05) is 11.1 Å². The van der Waals surface area contributed by atoms with E-state index in [1.54, 1.807) is 6.20 Å². The molecule has 0 amide bonds. The molecule has 6 heteroatoms. The maximum atomic E-state index is 4.68. The van der Waals surface area contributed by atoms with Crippen LogP contribution in [0.5, 0.6) is 0 Å². The third-order valence-electron chi connectivity index (χ3n) is 3.70. The molecule has 116 valence electrons. The lowest BCUT2D eigenvalue weighted by molar-refractivity contribution is 0.589. The summed E-state index contributed by atoms with van der Waals surface area (Å²) in [6.07, 6.45) is 1.71. The van der Waals surface area contributed by atoms with Crippen molar-refractivity contribution >= 4 is 46.4 Å². The fourth-order valence-corrected chi connectivity index (χ4v) is 3.62. The van der Waals surface area contributed by atoms with Gasteiger partial charge < -0.3 is 0 Å². The number of nitrogens with zero attached hydrogens (tertiary/aromatic N) is 4. The Morgan fingerprint density at radius 1 is 0.818 bits per heavy atom. The summed E-state index contributed by atoms with van der Waals surface area (Å²) in [7, 11) is 0. The van der Waals surface area contributed by atoms with E-state index >= 15 is 0 Å². The first kappa shape index (κ1) is 15.6. The summed E-state index contributed by atoms with van der Waals surface area (Å²) < 4.78 is 9.15. The Balaban J connectivity index is 2.65. The molecule has 0 saturated heterocycles. The van der Waals surface area contributed by atoms with Gasteiger partial charge >= 0.3 is 0 Å². The third-order valence-corrected chi connectivity index (χ3v) is 4.44. The first-order valence-electron chi connectivity index (χ1n) is 7.25. The first-order chi connectivity index (χ1) is 10.1. The largest absolute Gasteiger partial charge is 0.251 e. The zero-order valence-electron chi connectivity index (χ0n) is 13.7. The Kier molecular flexibility index (Phi) is 3.45. The van der Waals surface area contributed by atoms with Crippen LogP contribution in [-0.4, -0.2) is 18.7 Å². The van der Waals surface area contributed by atoms with Crippen LogP contribution in [-0.2, 0) is 10.8 Å². The molecule has 2 heterocycles. The average molecular weight is 332 g/mol. The molecule has 1 aromatic carbocycles. The number of rotatable bonds is 0. The summed E-state index contributed by atoms with van der Waals surface area (Å²) in [4.78, 5) is 9.33. The Morgan fingerprint density at radius 3 is 1.82 bits per heavy atom. The van der Waals surface area contributed by atoms with Crippen LogP contribution in [0.2, 0.25) is 0 Å². The highest BCUT2D eigenvalue weighted by molar-refractivity contribution is 7.80. The number of thiol groups is 1. The van der Waals surface area contributed by atoms with Gasteiger partial charge in [-0.05, 0) is 10.8 Å². The van der Waals surface area contributed by atoms with E-state index in [1.165, 1.54) is 11.7 Å². The van der Waals surface area contributed by atoms with Crippen LogP contribution in [0.3, 0.4) is 0 Å². The maximum Gasteiger partial charge on any atom is 0.112 e. The Labute approximate surface area is 140 Å². The highest BCUT2D eigenvalue weighted by Crippen LogP contribution is 2.41. The van der Waals surface area contributed by atoms with Gasteiger partial charge in [-0.3, -0.25) is 4.98 Å². The van der Waals surface area contributed by atoms with Crippen LogP contribution in [0, 0.1) is 0 Å². The predicted octanol–water partition coefficient (Wildman–Crippen LogP) is 4.52. The van der Waals surface area contributed by atoms with Crippen LogP contribution in [0.4, 0.5) is 0 Å². The summed E-state index contributed by atoms with van der Waals surface area (Å²) in [5.41, 5.74) is 5.73. The van der Waals surface area contributed by atoms with Gasteiger partial charge in [-0.25, -0.2) is 4.98 Å². The van der Waals surface area contributed by atoms with E-state index in [2.05, 4.69) is 72.9 Å². The molecule has 0 unspecified atom stereocenters. The van der Waals surface area contributed by atoms with Crippen molar-refractivity contribution in [3.63, 3.8) is 0 Å². The normalized spacial score (nSPS) is 13.2. The van der Waals surface area contributed by atoms with Gasteiger partial charge in [-0.2, -0.15) is 8.75 Å². The molecule has 0 bridgehead atoms. The number of fused-ring (bicyclic) bond motifs is 2. The molecule has 0 aliphatic rings. The van der Waals surface area contributed by atoms with Crippen LogP contribution in [0.1, 0.15) is 52.7 Å². The lowest BCUT2D eigenvalue weighted by atomic mass is 9.79. The summed E-state index contributed by atoms with van der Waals surface area (Å²) in [5, 5.41) is 0.625. The molecule has 0 atom stereocenters. The Bertz CT molecular complexity index is 870. The standard InChI is InChI=1S/C16H20N4S2/c1-15(2,3)9-11-12(18-8(21)7-17-11)10(16(4,5)6)14-13(9)19-22-20-14/h7H,1-6H3,(H,18,21). The zero-order chi connectivity index (χ0) is 16.3. The Morgan fingerprint density at radius 2 is 1.32 bits per heavy atom. The summed E-state index contributed by atoms with van der Waals surface area (Å²) in [6, 6.07) is 0. The Hall–Kier alpha value is -1.27. The lowest BCUT2D eigenvalue weighted by Gasteiger charge is -2.26. The minimum Gasteiger partial charge on any atom is -0.251 e. The quantitative estimate of drug-likeness (QED) is 0.615. The molecular weight excluding hydrogens is 312 g/mol. The molecule has 4 nitrogen and oxygen atoms in total. The van der Waals surface area contributed by atoms with Crippen molar-refractivity contribution in [3.8, 4) is 0 Å². The van der Waals surface area contributed by atoms with Gasteiger partial charge in [0.1, 0.15) is 16.1 Å². The van der Waals surface area contributed by atoms with Crippen molar-refractivity contribution in [1.29, 1.82) is 0 Å². The predicted molar refractivity (Wildman–Crippen MR) is 95.2 cm³/mol. The molecule has 0 spiro atoms. The summed E-state index contributed by atoms with van der Waals surface area (Å²) in [6.45, 7) is 13.0.